The first-order chi connectivity index (χ1) is 9.04. The number of rotatable bonds is 5. The molecule has 0 fully saturated rings. The fourth-order valence-corrected chi connectivity index (χ4v) is 2.30. The van der Waals surface area contributed by atoms with E-state index in [9.17, 15) is 0 Å². The minimum absolute atomic E-state index is 0. The van der Waals surface area contributed by atoms with Gasteiger partial charge in [0.05, 0.1) is 11.7 Å². The van der Waals surface area contributed by atoms with Gasteiger partial charge in [0.1, 0.15) is 0 Å². The van der Waals surface area contributed by atoms with E-state index in [1.165, 1.54) is 11.1 Å². The van der Waals surface area contributed by atoms with Gasteiger partial charge in [-0.25, -0.2) is 11.6 Å². The van der Waals surface area contributed by atoms with Crippen LogP contribution in [0.25, 0.3) is 0 Å². The van der Waals surface area contributed by atoms with Gasteiger partial charge in [-0.1, -0.05) is 36.8 Å². The van der Waals surface area contributed by atoms with Crippen LogP contribution in [0.5, 0.6) is 0 Å². The average molecular weight is 374 g/mol. The molecular formula is C18H23Cl2OTi. The maximum absolute atomic E-state index is 6.22. The van der Waals surface area contributed by atoms with E-state index in [0.717, 1.165) is 19.3 Å². The van der Waals surface area contributed by atoms with Crippen molar-refractivity contribution in [3.8, 4) is 0 Å². The van der Waals surface area contributed by atoms with Crippen molar-refractivity contribution in [2.45, 2.75) is 51.7 Å². The molecule has 1 aromatic carbocycles. The normalized spacial score (nSPS) is 14.2. The van der Waals surface area contributed by atoms with E-state index in [2.05, 4.69) is 63.3 Å². The molecule has 0 heterocycles. The van der Waals surface area contributed by atoms with Crippen LogP contribution in [0.1, 0.15) is 51.7 Å². The third-order valence-corrected chi connectivity index (χ3v) is 3.11. The molecule has 2 rings (SSSR count). The monoisotopic (exact) mass is 373 g/mol. The molecule has 1 aromatic rings. The molecule has 0 aromatic heterocycles. The zero-order chi connectivity index (χ0) is 13.7. The molecular weight excluding hydrogens is 351 g/mol. The van der Waals surface area contributed by atoms with Gasteiger partial charge in [-0.15, -0.1) is 6.42 Å². The largest absolute Gasteiger partial charge is 3.00 e. The molecule has 0 saturated heterocycles. The van der Waals surface area contributed by atoms with Gasteiger partial charge in [0.2, 0.25) is 0 Å². The van der Waals surface area contributed by atoms with Gasteiger partial charge in [-0.3, -0.25) is 6.08 Å². The third kappa shape index (κ3) is 8.55. The van der Waals surface area contributed by atoms with E-state index in [4.69, 9.17) is 4.74 Å². The van der Waals surface area contributed by atoms with Crippen LogP contribution in [0.2, 0.25) is 0 Å². The zero-order valence-electron chi connectivity index (χ0n) is 13.4. The molecule has 4 heteroatoms. The van der Waals surface area contributed by atoms with Crippen LogP contribution in [0.3, 0.4) is 0 Å². The second-order valence-corrected chi connectivity index (χ2v) is 5.98. The maximum Gasteiger partial charge on any atom is 3.00 e. The van der Waals surface area contributed by atoms with Gasteiger partial charge in [-0.2, -0.15) is 6.08 Å². The number of allylic oxidation sites excluding steroid dienone is 4. The molecule has 1 atom stereocenters. The van der Waals surface area contributed by atoms with Gasteiger partial charge in [0, 0.05) is 0 Å². The number of benzene rings is 1. The second-order valence-electron chi connectivity index (χ2n) is 5.98. The fourth-order valence-electron chi connectivity index (χ4n) is 2.30. The van der Waals surface area contributed by atoms with Gasteiger partial charge in [0.15, 0.2) is 0 Å². The summed E-state index contributed by atoms with van der Waals surface area (Å²) in [7, 11) is 0. The van der Waals surface area contributed by atoms with Crippen molar-refractivity contribution >= 4 is 0 Å². The summed E-state index contributed by atoms with van der Waals surface area (Å²) in [5.41, 5.74) is 2.46. The van der Waals surface area contributed by atoms with Crippen molar-refractivity contribution in [3.05, 3.63) is 59.7 Å². The van der Waals surface area contributed by atoms with Crippen molar-refractivity contribution in [2.24, 2.45) is 0 Å². The molecule has 1 radical (unpaired) electrons. The minimum atomic E-state index is -0.121. The van der Waals surface area contributed by atoms with Crippen LogP contribution in [0.4, 0.5) is 0 Å². The summed E-state index contributed by atoms with van der Waals surface area (Å²) in [5, 5.41) is 0. The number of hydrogen-bond acceptors (Lipinski definition) is 1. The second kappa shape index (κ2) is 11.5. The van der Waals surface area contributed by atoms with Crippen LogP contribution in [-0.4, -0.2) is 5.60 Å². The first-order valence-corrected chi connectivity index (χ1v) is 7.03. The summed E-state index contributed by atoms with van der Waals surface area (Å²) in [6.45, 7) is 6.34. The van der Waals surface area contributed by atoms with Gasteiger partial charge in [0.25, 0.3) is 0 Å². The van der Waals surface area contributed by atoms with Crippen LogP contribution in [-0.2, 0) is 26.5 Å². The Morgan fingerprint density at radius 1 is 1.14 bits per heavy atom. The van der Waals surface area contributed by atoms with Crippen molar-refractivity contribution in [1.82, 2.24) is 0 Å². The molecule has 1 aliphatic rings. The Morgan fingerprint density at radius 2 is 1.77 bits per heavy atom. The molecule has 0 N–H and O–H groups in total. The number of ether oxygens (including phenoxy) is 1. The zero-order valence-corrected chi connectivity index (χ0v) is 16.5. The van der Waals surface area contributed by atoms with E-state index >= 15 is 0 Å². The van der Waals surface area contributed by atoms with Gasteiger partial charge in [-0.05, 0) is 32.8 Å². The predicted molar refractivity (Wildman–Crippen MR) is 79.8 cm³/mol. The summed E-state index contributed by atoms with van der Waals surface area (Å²) in [5.74, 6) is 0. The summed E-state index contributed by atoms with van der Waals surface area (Å²) in [6, 6.07) is 10.5. The molecule has 1 unspecified atom stereocenters. The van der Waals surface area contributed by atoms with E-state index in [1.807, 2.05) is 6.07 Å². The SMILES string of the molecule is CC(C)(C)OC(CCC1=[C-]CC=C1)c1ccccc1.[Cl-].[Cl-].[Ti+3]. The average Bonchev–Trinajstić information content (AvgIpc) is 2.87. The molecule has 1 aliphatic carbocycles. The van der Waals surface area contributed by atoms with Crippen LogP contribution in [0, 0.1) is 6.08 Å². The molecule has 22 heavy (non-hydrogen) atoms. The minimum Gasteiger partial charge on any atom is -1.00 e. The Kier molecular flexibility index (Phi) is 12.6. The van der Waals surface area contributed by atoms with Crippen molar-refractivity contribution in [2.75, 3.05) is 0 Å². The Bertz CT molecular complexity index is 464. The molecule has 0 amide bonds. The fraction of sp³-hybridized carbons (Fsp3) is 0.444. The molecule has 119 valence electrons. The quantitative estimate of drug-likeness (QED) is 0.476. The topological polar surface area (TPSA) is 9.23 Å². The van der Waals surface area contributed by atoms with Crippen LogP contribution >= 0.6 is 0 Å². The van der Waals surface area contributed by atoms with Gasteiger partial charge >= 0.3 is 21.7 Å². The number of hydrogen-bond donors (Lipinski definition) is 0. The number of halogens is 2. The Labute approximate surface area is 162 Å². The summed E-state index contributed by atoms with van der Waals surface area (Å²) < 4.78 is 6.22. The smallest absolute Gasteiger partial charge is 1.00 e. The maximum atomic E-state index is 6.22. The summed E-state index contributed by atoms with van der Waals surface area (Å²) in [4.78, 5) is 0. The van der Waals surface area contributed by atoms with E-state index < -0.39 is 0 Å². The summed E-state index contributed by atoms with van der Waals surface area (Å²) >= 11 is 0. The standard InChI is InChI=1S/C18H23O.2ClH.Ti/c1-18(2,3)19-17(16-11-5-4-6-12-16)14-13-15-9-7-8-10-15;;;/h4-7,9,11-12,17H,8,13-14H2,1-3H3;2*1H;/q-1;;;+3/p-2. The summed E-state index contributed by atoms with van der Waals surface area (Å²) in [6.07, 6.45) is 10.9. The van der Waals surface area contributed by atoms with Crippen molar-refractivity contribution in [3.63, 3.8) is 0 Å². The molecule has 1 nitrogen and oxygen atoms in total. The Balaban J connectivity index is 0. The molecule has 0 spiro atoms. The van der Waals surface area contributed by atoms with Crippen LogP contribution < -0.4 is 24.8 Å². The molecule has 0 saturated carbocycles. The third-order valence-electron chi connectivity index (χ3n) is 3.11. The predicted octanol–water partition coefficient (Wildman–Crippen LogP) is -0.982. The van der Waals surface area contributed by atoms with Crippen molar-refractivity contribution in [1.29, 1.82) is 0 Å². The van der Waals surface area contributed by atoms with Crippen molar-refractivity contribution < 1.29 is 51.3 Å². The van der Waals surface area contributed by atoms with E-state index in [1.54, 1.807) is 0 Å². The van der Waals surface area contributed by atoms with Crippen LogP contribution in [0.15, 0.2) is 48.1 Å². The van der Waals surface area contributed by atoms with E-state index in [0.29, 0.717) is 0 Å². The Morgan fingerprint density at radius 3 is 2.27 bits per heavy atom. The first kappa shape index (κ1) is 24.2. The molecule has 0 bridgehead atoms. The van der Waals surface area contributed by atoms with Gasteiger partial charge < -0.3 is 29.6 Å². The first-order valence-electron chi connectivity index (χ1n) is 7.03. The molecule has 0 aliphatic heterocycles. The van der Waals surface area contributed by atoms with E-state index in [-0.39, 0.29) is 58.2 Å². The Hall–Kier alpha value is -0.0457.